The van der Waals surface area contributed by atoms with Crippen molar-refractivity contribution in [2.24, 2.45) is 0 Å². The Morgan fingerprint density at radius 3 is 2.04 bits per heavy atom. The molecule has 0 unspecified atom stereocenters. The van der Waals surface area contributed by atoms with Crippen LogP contribution in [0.4, 0.5) is 0 Å². The number of aryl methyl sites for hydroxylation is 2. The molecule has 134 valence electrons. The summed E-state index contributed by atoms with van der Waals surface area (Å²) in [7, 11) is 1.57. The van der Waals surface area contributed by atoms with E-state index < -0.39 is 0 Å². The highest BCUT2D eigenvalue weighted by Crippen LogP contribution is 2.26. The van der Waals surface area contributed by atoms with Gasteiger partial charge in [-0.05, 0) is 47.9 Å². The molecule has 0 heterocycles. The lowest BCUT2D eigenvalue weighted by Gasteiger charge is -2.22. The first-order valence-corrected chi connectivity index (χ1v) is 8.43. The normalized spacial score (nSPS) is 11.2. The number of hydrogen-bond donors (Lipinski definition) is 3. The topological polar surface area (TPSA) is 70.2 Å². The number of carbonyl (C=O) groups excluding carboxylic acids is 2. The first kappa shape index (κ1) is 20.2. The van der Waals surface area contributed by atoms with E-state index in [0.29, 0.717) is 6.54 Å². The number of nitrogens with one attached hydrogen (secondary N) is 3. The summed E-state index contributed by atoms with van der Waals surface area (Å²) in [4.78, 5) is 22.8. The van der Waals surface area contributed by atoms with E-state index in [1.165, 1.54) is 22.3 Å². The molecular formula is C19H31N3O2. The van der Waals surface area contributed by atoms with Crippen molar-refractivity contribution in [3.8, 4) is 0 Å². The average Bonchev–Trinajstić information content (AvgIpc) is 2.48. The third-order valence-electron chi connectivity index (χ3n) is 4.11. The van der Waals surface area contributed by atoms with Crippen LogP contribution >= 0.6 is 0 Å². The van der Waals surface area contributed by atoms with E-state index in [-0.39, 0.29) is 30.3 Å². The lowest BCUT2D eigenvalue weighted by molar-refractivity contribution is -0.121. The standard InChI is InChI=1S/C19H31N3O2/c1-13-9-15(19(3,4)5)10-14(2)16(13)7-8-22-18(24)12-21-11-17(23)20-6/h9-10,21H,7-8,11-12H2,1-6H3,(H,20,23)(H,22,24). The lowest BCUT2D eigenvalue weighted by Crippen LogP contribution is -2.39. The van der Waals surface area contributed by atoms with E-state index in [9.17, 15) is 9.59 Å². The van der Waals surface area contributed by atoms with Crippen LogP contribution in [0.2, 0.25) is 0 Å². The van der Waals surface area contributed by atoms with Gasteiger partial charge in [-0.1, -0.05) is 32.9 Å². The van der Waals surface area contributed by atoms with E-state index in [1.807, 2.05) is 0 Å². The van der Waals surface area contributed by atoms with Crippen molar-refractivity contribution in [2.75, 3.05) is 26.7 Å². The molecule has 0 atom stereocenters. The third kappa shape index (κ3) is 6.32. The van der Waals surface area contributed by atoms with Crippen LogP contribution in [0.3, 0.4) is 0 Å². The molecule has 0 aliphatic heterocycles. The number of hydrogen-bond acceptors (Lipinski definition) is 3. The maximum atomic E-state index is 11.8. The van der Waals surface area contributed by atoms with Gasteiger partial charge in [-0.3, -0.25) is 14.9 Å². The minimum absolute atomic E-state index is 0.0967. The second kappa shape index (κ2) is 8.83. The fourth-order valence-corrected chi connectivity index (χ4v) is 2.59. The second-order valence-electron chi connectivity index (χ2n) is 7.22. The Balaban J connectivity index is 2.51. The van der Waals surface area contributed by atoms with Gasteiger partial charge >= 0.3 is 0 Å². The van der Waals surface area contributed by atoms with Gasteiger partial charge in [0.05, 0.1) is 13.1 Å². The minimum atomic E-state index is -0.131. The van der Waals surface area contributed by atoms with Crippen LogP contribution in [0.25, 0.3) is 0 Å². The minimum Gasteiger partial charge on any atom is -0.358 e. The smallest absolute Gasteiger partial charge is 0.233 e. The Morgan fingerprint density at radius 1 is 1.00 bits per heavy atom. The quantitative estimate of drug-likeness (QED) is 0.710. The van der Waals surface area contributed by atoms with E-state index in [1.54, 1.807) is 7.05 Å². The predicted molar refractivity (Wildman–Crippen MR) is 98.3 cm³/mol. The lowest BCUT2D eigenvalue weighted by atomic mass is 9.83. The Kier molecular flexibility index (Phi) is 7.42. The van der Waals surface area contributed by atoms with Gasteiger partial charge in [-0.25, -0.2) is 0 Å². The summed E-state index contributed by atoms with van der Waals surface area (Å²) < 4.78 is 0. The largest absolute Gasteiger partial charge is 0.358 e. The molecule has 0 fully saturated rings. The molecule has 0 radical (unpaired) electrons. The molecule has 0 aliphatic carbocycles. The molecular weight excluding hydrogens is 302 g/mol. The van der Waals surface area contributed by atoms with Crippen molar-refractivity contribution in [1.29, 1.82) is 0 Å². The van der Waals surface area contributed by atoms with Gasteiger partial charge in [0.2, 0.25) is 11.8 Å². The zero-order valence-electron chi connectivity index (χ0n) is 15.8. The van der Waals surface area contributed by atoms with Crippen molar-refractivity contribution in [3.05, 3.63) is 34.4 Å². The van der Waals surface area contributed by atoms with Gasteiger partial charge in [0.15, 0.2) is 0 Å². The molecule has 0 aromatic heterocycles. The first-order chi connectivity index (χ1) is 11.1. The summed E-state index contributed by atoms with van der Waals surface area (Å²) in [6, 6.07) is 4.49. The number of benzene rings is 1. The molecule has 2 amide bonds. The molecule has 0 spiro atoms. The van der Waals surface area contributed by atoms with Crippen LogP contribution in [0.1, 0.15) is 43.0 Å². The van der Waals surface area contributed by atoms with Crippen LogP contribution in [0, 0.1) is 13.8 Å². The molecule has 5 nitrogen and oxygen atoms in total. The molecule has 5 heteroatoms. The fraction of sp³-hybridized carbons (Fsp3) is 0.579. The van der Waals surface area contributed by atoms with Crippen molar-refractivity contribution < 1.29 is 9.59 Å². The maximum absolute atomic E-state index is 11.8. The highest BCUT2D eigenvalue weighted by atomic mass is 16.2. The summed E-state index contributed by atoms with van der Waals surface area (Å²) >= 11 is 0. The molecule has 0 saturated heterocycles. The van der Waals surface area contributed by atoms with Crippen molar-refractivity contribution in [2.45, 2.75) is 46.5 Å². The molecule has 1 aromatic rings. The average molecular weight is 333 g/mol. The summed E-state index contributed by atoms with van der Waals surface area (Å²) in [5.41, 5.74) is 5.31. The Bertz CT molecular complexity index is 566. The number of amides is 2. The second-order valence-corrected chi connectivity index (χ2v) is 7.22. The Morgan fingerprint density at radius 2 is 1.54 bits per heavy atom. The van der Waals surface area contributed by atoms with Crippen molar-refractivity contribution >= 4 is 11.8 Å². The van der Waals surface area contributed by atoms with E-state index in [0.717, 1.165) is 6.42 Å². The van der Waals surface area contributed by atoms with Crippen molar-refractivity contribution in [3.63, 3.8) is 0 Å². The molecule has 0 bridgehead atoms. The van der Waals surface area contributed by atoms with E-state index in [4.69, 9.17) is 0 Å². The van der Waals surface area contributed by atoms with Gasteiger partial charge in [0, 0.05) is 13.6 Å². The first-order valence-electron chi connectivity index (χ1n) is 8.43. The van der Waals surface area contributed by atoms with Crippen LogP contribution in [-0.4, -0.2) is 38.5 Å². The molecule has 3 N–H and O–H groups in total. The molecule has 0 aliphatic rings. The third-order valence-corrected chi connectivity index (χ3v) is 4.11. The van der Waals surface area contributed by atoms with Crippen LogP contribution in [0.15, 0.2) is 12.1 Å². The van der Waals surface area contributed by atoms with Gasteiger partial charge in [0.1, 0.15) is 0 Å². The predicted octanol–water partition coefficient (Wildman–Crippen LogP) is 1.60. The summed E-state index contributed by atoms with van der Waals surface area (Å²) in [6.07, 6.45) is 0.809. The van der Waals surface area contributed by atoms with Gasteiger partial charge in [-0.15, -0.1) is 0 Å². The number of carbonyl (C=O) groups is 2. The van der Waals surface area contributed by atoms with Crippen LogP contribution in [0.5, 0.6) is 0 Å². The monoisotopic (exact) mass is 333 g/mol. The highest BCUT2D eigenvalue weighted by Gasteiger charge is 2.16. The highest BCUT2D eigenvalue weighted by molar-refractivity contribution is 5.80. The molecule has 24 heavy (non-hydrogen) atoms. The number of rotatable bonds is 7. The van der Waals surface area contributed by atoms with Crippen LogP contribution < -0.4 is 16.0 Å². The molecule has 0 saturated carbocycles. The van der Waals surface area contributed by atoms with Crippen LogP contribution in [-0.2, 0) is 21.4 Å². The summed E-state index contributed by atoms with van der Waals surface area (Å²) in [6.45, 7) is 11.8. The van der Waals surface area contributed by atoms with Gasteiger partial charge < -0.3 is 10.6 Å². The van der Waals surface area contributed by atoms with E-state index in [2.05, 4.69) is 62.7 Å². The summed E-state index contributed by atoms with van der Waals surface area (Å²) in [5.74, 6) is -0.228. The molecule has 1 aromatic carbocycles. The zero-order chi connectivity index (χ0) is 18.3. The molecule has 1 rings (SSSR count). The van der Waals surface area contributed by atoms with Gasteiger partial charge in [-0.2, -0.15) is 0 Å². The fourth-order valence-electron chi connectivity index (χ4n) is 2.59. The number of likely N-dealkylation sites (N-methyl/N-ethyl adjacent to an activating group) is 1. The zero-order valence-corrected chi connectivity index (χ0v) is 15.8. The Labute approximate surface area is 145 Å². The summed E-state index contributed by atoms with van der Waals surface area (Å²) in [5, 5.41) is 8.19. The maximum Gasteiger partial charge on any atom is 0.233 e. The Hall–Kier alpha value is -1.88. The van der Waals surface area contributed by atoms with E-state index >= 15 is 0 Å². The van der Waals surface area contributed by atoms with Crippen molar-refractivity contribution in [1.82, 2.24) is 16.0 Å². The van der Waals surface area contributed by atoms with Gasteiger partial charge in [0.25, 0.3) is 0 Å². The SMILES string of the molecule is CNC(=O)CNCC(=O)NCCc1c(C)cc(C(C)(C)C)cc1C.